The lowest BCUT2D eigenvalue weighted by atomic mass is 10.1. The first kappa shape index (κ1) is 19.7. The van der Waals surface area contributed by atoms with Crippen LogP contribution in [0.25, 0.3) is 6.08 Å². The van der Waals surface area contributed by atoms with Gasteiger partial charge in [-0.1, -0.05) is 24.3 Å². The summed E-state index contributed by atoms with van der Waals surface area (Å²) < 4.78 is 0. The second-order valence-electron chi connectivity index (χ2n) is 6.54. The molecule has 0 bridgehead atoms. The number of carboxylic acids is 1. The Kier molecular flexibility index (Phi) is 7.38. The first-order valence-electron chi connectivity index (χ1n) is 9.05. The van der Waals surface area contributed by atoms with Crippen molar-refractivity contribution in [2.75, 3.05) is 13.1 Å². The standard InChI is InChI=1S/C20H26N2O4/c1-15(20(25)26)21-19(24)17-10-7-9-16(14-17)8-3-2-4-11-18(23)22-12-5-6-13-22/h3,7-10,14-15H,2,4-6,11-13H2,1H3,(H,21,24)(H,25,26)/b8-3-/t15-/m1/s1. The highest BCUT2D eigenvalue weighted by Gasteiger charge is 2.17. The summed E-state index contributed by atoms with van der Waals surface area (Å²) in [5.74, 6) is -1.24. The fraction of sp³-hybridized carbons (Fsp3) is 0.450. The maximum atomic E-state index is 12.0. The van der Waals surface area contributed by atoms with Gasteiger partial charge in [-0.15, -0.1) is 0 Å². The van der Waals surface area contributed by atoms with Gasteiger partial charge in [0.15, 0.2) is 0 Å². The number of benzene rings is 1. The van der Waals surface area contributed by atoms with Gasteiger partial charge in [0, 0.05) is 25.1 Å². The Hall–Kier alpha value is -2.63. The normalized spacial score (nSPS) is 15.2. The minimum atomic E-state index is -1.07. The molecule has 6 nitrogen and oxygen atoms in total. The zero-order valence-corrected chi connectivity index (χ0v) is 15.1. The molecule has 1 atom stereocenters. The zero-order valence-electron chi connectivity index (χ0n) is 15.1. The molecule has 1 fully saturated rings. The number of likely N-dealkylation sites (tertiary alicyclic amines) is 1. The van der Waals surface area contributed by atoms with Gasteiger partial charge in [0.05, 0.1) is 0 Å². The van der Waals surface area contributed by atoms with E-state index in [0.29, 0.717) is 12.0 Å². The van der Waals surface area contributed by atoms with Gasteiger partial charge in [-0.3, -0.25) is 14.4 Å². The van der Waals surface area contributed by atoms with Crippen molar-refractivity contribution < 1.29 is 19.5 Å². The van der Waals surface area contributed by atoms with E-state index in [9.17, 15) is 14.4 Å². The summed E-state index contributed by atoms with van der Waals surface area (Å²) in [6.45, 7) is 3.21. The van der Waals surface area contributed by atoms with Crippen LogP contribution in [0, 0.1) is 0 Å². The van der Waals surface area contributed by atoms with Crippen LogP contribution < -0.4 is 5.32 Å². The fourth-order valence-corrected chi connectivity index (χ4v) is 2.84. The molecule has 6 heteroatoms. The van der Waals surface area contributed by atoms with E-state index in [2.05, 4.69) is 5.32 Å². The highest BCUT2D eigenvalue weighted by Crippen LogP contribution is 2.12. The number of carbonyl (C=O) groups is 3. The number of amides is 2. The van der Waals surface area contributed by atoms with Crippen molar-refractivity contribution in [1.82, 2.24) is 10.2 Å². The van der Waals surface area contributed by atoms with Gasteiger partial charge in [0.1, 0.15) is 6.04 Å². The molecular weight excluding hydrogens is 332 g/mol. The molecule has 0 aromatic heterocycles. The number of rotatable bonds is 8. The molecule has 26 heavy (non-hydrogen) atoms. The summed E-state index contributed by atoms with van der Waals surface area (Å²) in [5.41, 5.74) is 1.29. The maximum absolute atomic E-state index is 12.0. The second kappa shape index (κ2) is 9.75. The Morgan fingerprint density at radius 2 is 2.00 bits per heavy atom. The van der Waals surface area contributed by atoms with Crippen molar-refractivity contribution in [2.45, 2.75) is 45.1 Å². The van der Waals surface area contributed by atoms with Crippen LogP contribution in [-0.4, -0.2) is 46.9 Å². The van der Waals surface area contributed by atoms with Crippen LogP contribution in [0.5, 0.6) is 0 Å². The molecule has 0 radical (unpaired) electrons. The zero-order chi connectivity index (χ0) is 18.9. The van der Waals surface area contributed by atoms with Crippen LogP contribution in [0.2, 0.25) is 0 Å². The third-order valence-electron chi connectivity index (χ3n) is 4.40. The summed E-state index contributed by atoms with van der Waals surface area (Å²) in [5, 5.41) is 11.3. The third-order valence-corrected chi connectivity index (χ3v) is 4.40. The topological polar surface area (TPSA) is 86.7 Å². The largest absolute Gasteiger partial charge is 0.480 e. The lowest BCUT2D eigenvalue weighted by Crippen LogP contribution is -2.38. The number of hydrogen-bond donors (Lipinski definition) is 2. The smallest absolute Gasteiger partial charge is 0.325 e. The van der Waals surface area contributed by atoms with E-state index in [1.807, 2.05) is 23.1 Å². The van der Waals surface area contributed by atoms with E-state index in [1.165, 1.54) is 6.92 Å². The number of aliphatic carboxylic acids is 1. The fourth-order valence-electron chi connectivity index (χ4n) is 2.84. The molecule has 1 aromatic carbocycles. The van der Waals surface area contributed by atoms with Crippen LogP contribution in [0.1, 0.15) is 54.9 Å². The van der Waals surface area contributed by atoms with E-state index in [-0.39, 0.29) is 5.91 Å². The molecule has 2 amide bonds. The summed E-state index contributed by atoms with van der Waals surface area (Å²) in [4.78, 5) is 36.7. The average molecular weight is 358 g/mol. The highest BCUT2D eigenvalue weighted by atomic mass is 16.4. The van der Waals surface area contributed by atoms with Gasteiger partial charge in [-0.05, 0) is 50.3 Å². The molecule has 0 saturated carbocycles. The number of nitrogens with zero attached hydrogens (tertiary/aromatic N) is 1. The number of unbranched alkanes of at least 4 members (excludes halogenated alkanes) is 1. The van der Waals surface area contributed by atoms with Crippen molar-refractivity contribution in [3.05, 3.63) is 41.5 Å². The van der Waals surface area contributed by atoms with Gasteiger partial charge >= 0.3 is 5.97 Å². The molecule has 2 N–H and O–H groups in total. The lowest BCUT2D eigenvalue weighted by molar-refractivity contribution is -0.138. The van der Waals surface area contributed by atoms with E-state index in [1.54, 1.807) is 18.2 Å². The molecule has 0 aliphatic carbocycles. The molecule has 1 aliphatic heterocycles. The molecule has 140 valence electrons. The maximum Gasteiger partial charge on any atom is 0.325 e. The van der Waals surface area contributed by atoms with Crippen LogP contribution >= 0.6 is 0 Å². The van der Waals surface area contributed by atoms with E-state index in [4.69, 9.17) is 5.11 Å². The second-order valence-corrected chi connectivity index (χ2v) is 6.54. The Bertz CT molecular complexity index is 678. The quantitative estimate of drug-likeness (QED) is 0.700. The average Bonchev–Trinajstić information content (AvgIpc) is 3.16. The van der Waals surface area contributed by atoms with Gasteiger partial charge in [-0.2, -0.15) is 0 Å². The first-order chi connectivity index (χ1) is 12.5. The molecule has 1 heterocycles. The number of nitrogens with one attached hydrogen (secondary N) is 1. The summed E-state index contributed by atoms with van der Waals surface area (Å²) in [7, 11) is 0. The number of hydrogen-bond acceptors (Lipinski definition) is 3. The Labute approximate surface area is 153 Å². The number of carbonyl (C=O) groups excluding carboxylic acids is 2. The van der Waals surface area contributed by atoms with Crippen LogP contribution in [0.15, 0.2) is 30.3 Å². The Morgan fingerprint density at radius 3 is 2.69 bits per heavy atom. The molecular formula is C20H26N2O4. The molecule has 1 aliphatic rings. The van der Waals surface area contributed by atoms with Gasteiger partial charge in [0.25, 0.3) is 5.91 Å². The van der Waals surface area contributed by atoms with Crippen LogP contribution in [-0.2, 0) is 9.59 Å². The molecule has 2 rings (SSSR count). The van der Waals surface area contributed by atoms with E-state index < -0.39 is 17.9 Å². The summed E-state index contributed by atoms with van der Waals surface area (Å²) >= 11 is 0. The van der Waals surface area contributed by atoms with E-state index in [0.717, 1.165) is 44.3 Å². The Balaban J connectivity index is 1.80. The third kappa shape index (κ3) is 6.02. The SMILES string of the molecule is C[C@@H](NC(=O)c1cccc(/C=C\CCCC(=O)N2CCCC2)c1)C(=O)O. The van der Waals surface area contributed by atoms with Gasteiger partial charge in [-0.25, -0.2) is 0 Å². The predicted molar refractivity (Wildman–Crippen MR) is 99.7 cm³/mol. The van der Waals surface area contributed by atoms with Crippen LogP contribution in [0.4, 0.5) is 0 Å². The minimum absolute atomic E-state index is 0.238. The highest BCUT2D eigenvalue weighted by molar-refractivity contribution is 5.96. The molecule has 0 spiro atoms. The molecule has 0 unspecified atom stereocenters. The molecule has 1 saturated heterocycles. The lowest BCUT2D eigenvalue weighted by Gasteiger charge is -2.14. The van der Waals surface area contributed by atoms with Crippen molar-refractivity contribution in [1.29, 1.82) is 0 Å². The van der Waals surface area contributed by atoms with Crippen LogP contribution in [0.3, 0.4) is 0 Å². The number of allylic oxidation sites excluding steroid dienone is 1. The Morgan fingerprint density at radius 1 is 1.27 bits per heavy atom. The van der Waals surface area contributed by atoms with Crippen molar-refractivity contribution >= 4 is 23.9 Å². The van der Waals surface area contributed by atoms with Crippen molar-refractivity contribution in [3.8, 4) is 0 Å². The first-order valence-corrected chi connectivity index (χ1v) is 9.05. The van der Waals surface area contributed by atoms with Crippen molar-refractivity contribution in [3.63, 3.8) is 0 Å². The van der Waals surface area contributed by atoms with Crippen molar-refractivity contribution in [2.24, 2.45) is 0 Å². The summed E-state index contributed by atoms with van der Waals surface area (Å²) in [6, 6.07) is 6.07. The monoisotopic (exact) mass is 358 g/mol. The summed E-state index contributed by atoms with van der Waals surface area (Å²) in [6.07, 6.45) is 8.31. The number of carboxylic acid groups (broad SMARTS) is 1. The van der Waals surface area contributed by atoms with E-state index >= 15 is 0 Å². The predicted octanol–water partition coefficient (Wildman–Crippen LogP) is 2.70. The minimum Gasteiger partial charge on any atom is -0.480 e. The van der Waals surface area contributed by atoms with Gasteiger partial charge in [0.2, 0.25) is 5.91 Å². The van der Waals surface area contributed by atoms with Gasteiger partial charge < -0.3 is 15.3 Å². The molecule has 1 aromatic rings.